The van der Waals surface area contributed by atoms with Crippen molar-refractivity contribution in [2.75, 3.05) is 23.4 Å². The Balaban J connectivity index is 1.73. The van der Waals surface area contributed by atoms with Gasteiger partial charge in [-0.3, -0.25) is 9.59 Å². The van der Waals surface area contributed by atoms with Gasteiger partial charge in [-0.15, -0.1) is 0 Å². The normalized spacial score (nSPS) is 16.7. The third-order valence-electron chi connectivity index (χ3n) is 4.46. The van der Waals surface area contributed by atoms with Gasteiger partial charge in [-0.05, 0) is 56.2 Å². The average molecular weight is 352 g/mol. The molecule has 0 saturated carbocycles. The van der Waals surface area contributed by atoms with Crippen LogP contribution in [0, 0.1) is 19.8 Å². The number of nitrogens with zero attached hydrogens (tertiary/aromatic N) is 1. The van der Waals surface area contributed by atoms with Crippen molar-refractivity contribution in [2.24, 2.45) is 5.92 Å². The number of rotatable bonds is 5. The van der Waals surface area contributed by atoms with Gasteiger partial charge < -0.3 is 15.0 Å². The minimum atomic E-state index is -0.377. The fourth-order valence-electron chi connectivity index (χ4n) is 3.33. The summed E-state index contributed by atoms with van der Waals surface area (Å²) in [6.45, 7) is 6.83. The first-order valence-electron chi connectivity index (χ1n) is 8.89. The van der Waals surface area contributed by atoms with Crippen LogP contribution in [0.25, 0.3) is 0 Å². The molecule has 0 radical (unpaired) electrons. The zero-order chi connectivity index (χ0) is 18.7. The Bertz CT molecular complexity index is 812. The summed E-state index contributed by atoms with van der Waals surface area (Å²) in [4.78, 5) is 26.8. The summed E-state index contributed by atoms with van der Waals surface area (Å²) in [7, 11) is 0. The molecule has 1 fully saturated rings. The van der Waals surface area contributed by atoms with Crippen molar-refractivity contribution in [1.29, 1.82) is 0 Å². The molecule has 1 aliphatic heterocycles. The number of carbonyl (C=O) groups is 2. The highest BCUT2D eigenvalue weighted by atomic mass is 16.5. The van der Waals surface area contributed by atoms with Crippen LogP contribution in [0.1, 0.15) is 24.5 Å². The van der Waals surface area contributed by atoms with Gasteiger partial charge in [0.15, 0.2) is 0 Å². The summed E-state index contributed by atoms with van der Waals surface area (Å²) in [6, 6.07) is 13.4. The number of hydrogen-bond donors (Lipinski definition) is 1. The molecule has 1 aliphatic rings. The molecule has 26 heavy (non-hydrogen) atoms. The molecular formula is C21H24N2O3. The van der Waals surface area contributed by atoms with E-state index in [0.717, 1.165) is 16.8 Å². The average Bonchev–Trinajstić information content (AvgIpc) is 2.98. The highest BCUT2D eigenvalue weighted by Gasteiger charge is 2.35. The molecule has 136 valence electrons. The summed E-state index contributed by atoms with van der Waals surface area (Å²) < 4.78 is 5.55. The Labute approximate surface area is 154 Å². The van der Waals surface area contributed by atoms with Crippen molar-refractivity contribution in [3.63, 3.8) is 0 Å². The predicted octanol–water partition coefficient (Wildman–Crippen LogP) is 3.69. The SMILES string of the molecule is CCOc1ccccc1NC(=O)[C@@H]1CC(=O)N(c2cc(C)cc(C)c2)C1. The molecule has 1 heterocycles. The maximum absolute atomic E-state index is 12.7. The Morgan fingerprint density at radius 2 is 1.88 bits per heavy atom. The molecule has 1 N–H and O–H groups in total. The van der Waals surface area contributed by atoms with Crippen molar-refractivity contribution >= 4 is 23.2 Å². The minimum absolute atomic E-state index is 0.0201. The Morgan fingerprint density at radius 3 is 2.58 bits per heavy atom. The molecule has 2 aromatic rings. The van der Waals surface area contributed by atoms with Gasteiger partial charge in [-0.2, -0.15) is 0 Å². The summed E-state index contributed by atoms with van der Waals surface area (Å²) in [5.41, 5.74) is 3.70. The lowest BCUT2D eigenvalue weighted by molar-refractivity contribution is -0.122. The highest BCUT2D eigenvalue weighted by Crippen LogP contribution is 2.29. The van der Waals surface area contributed by atoms with E-state index in [4.69, 9.17) is 4.74 Å². The van der Waals surface area contributed by atoms with Gasteiger partial charge >= 0.3 is 0 Å². The van der Waals surface area contributed by atoms with Crippen LogP contribution in [0.4, 0.5) is 11.4 Å². The molecule has 0 spiro atoms. The smallest absolute Gasteiger partial charge is 0.229 e. The first-order chi connectivity index (χ1) is 12.5. The van der Waals surface area contributed by atoms with E-state index in [1.54, 1.807) is 11.0 Å². The van der Waals surface area contributed by atoms with Gasteiger partial charge in [-0.25, -0.2) is 0 Å². The van der Waals surface area contributed by atoms with E-state index in [-0.39, 0.29) is 24.2 Å². The largest absolute Gasteiger partial charge is 0.492 e. The zero-order valence-electron chi connectivity index (χ0n) is 15.4. The van der Waals surface area contributed by atoms with Crippen LogP contribution < -0.4 is 15.0 Å². The second-order valence-corrected chi connectivity index (χ2v) is 6.67. The quantitative estimate of drug-likeness (QED) is 0.893. The number of nitrogens with one attached hydrogen (secondary N) is 1. The number of anilines is 2. The lowest BCUT2D eigenvalue weighted by Gasteiger charge is -2.18. The fourth-order valence-corrected chi connectivity index (χ4v) is 3.33. The maximum Gasteiger partial charge on any atom is 0.229 e. The molecule has 0 aromatic heterocycles. The van der Waals surface area contributed by atoms with Crippen molar-refractivity contribution in [2.45, 2.75) is 27.2 Å². The predicted molar refractivity (Wildman–Crippen MR) is 103 cm³/mol. The number of ether oxygens (including phenoxy) is 1. The zero-order valence-corrected chi connectivity index (χ0v) is 15.4. The summed E-state index contributed by atoms with van der Waals surface area (Å²) in [5.74, 6) is 0.0856. The van der Waals surface area contributed by atoms with Crippen LogP contribution in [0.5, 0.6) is 5.75 Å². The summed E-state index contributed by atoms with van der Waals surface area (Å²) in [6.07, 6.45) is 0.218. The lowest BCUT2D eigenvalue weighted by atomic mass is 10.1. The molecule has 2 amide bonds. The fraction of sp³-hybridized carbons (Fsp3) is 0.333. The van der Waals surface area contributed by atoms with E-state index in [1.165, 1.54) is 0 Å². The minimum Gasteiger partial charge on any atom is -0.492 e. The Morgan fingerprint density at radius 1 is 1.19 bits per heavy atom. The van der Waals surface area contributed by atoms with Crippen LogP contribution in [-0.4, -0.2) is 25.0 Å². The third-order valence-corrected chi connectivity index (χ3v) is 4.46. The monoisotopic (exact) mass is 352 g/mol. The van der Waals surface area contributed by atoms with E-state index < -0.39 is 0 Å². The van der Waals surface area contributed by atoms with Crippen molar-refractivity contribution in [3.8, 4) is 5.75 Å². The second kappa shape index (κ2) is 7.60. The maximum atomic E-state index is 12.7. The molecule has 0 aliphatic carbocycles. The third kappa shape index (κ3) is 3.87. The Hall–Kier alpha value is -2.82. The first-order valence-corrected chi connectivity index (χ1v) is 8.89. The molecule has 0 unspecified atom stereocenters. The first kappa shape index (κ1) is 18.0. The van der Waals surface area contributed by atoms with Gasteiger partial charge in [0.1, 0.15) is 5.75 Å². The molecule has 1 atom stereocenters. The standard InChI is InChI=1S/C21H24N2O3/c1-4-26-19-8-6-5-7-18(19)22-21(25)16-12-20(24)23(13-16)17-10-14(2)9-15(3)11-17/h5-11,16H,4,12-13H2,1-3H3,(H,22,25)/t16-/m1/s1. The Kier molecular flexibility index (Phi) is 5.26. The number of benzene rings is 2. The number of amides is 2. The van der Waals surface area contributed by atoms with Gasteiger partial charge in [0.2, 0.25) is 11.8 Å². The van der Waals surface area contributed by atoms with E-state index in [9.17, 15) is 9.59 Å². The van der Waals surface area contributed by atoms with Crippen LogP contribution in [-0.2, 0) is 9.59 Å². The van der Waals surface area contributed by atoms with Crippen LogP contribution in [0.15, 0.2) is 42.5 Å². The number of carbonyl (C=O) groups excluding carboxylic acids is 2. The van der Waals surface area contributed by atoms with E-state index in [1.807, 2.05) is 51.1 Å². The molecule has 3 rings (SSSR count). The topological polar surface area (TPSA) is 58.6 Å². The number of aryl methyl sites for hydroxylation is 2. The van der Waals surface area contributed by atoms with Gasteiger partial charge in [-0.1, -0.05) is 18.2 Å². The van der Waals surface area contributed by atoms with E-state index in [2.05, 4.69) is 11.4 Å². The second-order valence-electron chi connectivity index (χ2n) is 6.67. The number of para-hydroxylation sites is 2. The van der Waals surface area contributed by atoms with Gasteiger partial charge in [0.05, 0.1) is 18.2 Å². The lowest BCUT2D eigenvalue weighted by Crippen LogP contribution is -2.28. The van der Waals surface area contributed by atoms with Gasteiger partial charge in [0.25, 0.3) is 0 Å². The van der Waals surface area contributed by atoms with E-state index in [0.29, 0.717) is 24.6 Å². The summed E-state index contributed by atoms with van der Waals surface area (Å²) >= 11 is 0. The van der Waals surface area contributed by atoms with Crippen molar-refractivity contribution in [1.82, 2.24) is 0 Å². The molecule has 5 nitrogen and oxygen atoms in total. The van der Waals surface area contributed by atoms with Gasteiger partial charge in [0, 0.05) is 18.7 Å². The van der Waals surface area contributed by atoms with Crippen LogP contribution >= 0.6 is 0 Å². The molecule has 2 aromatic carbocycles. The number of hydrogen-bond acceptors (Lipinski definition) is 3. The molecule has 1 saturated heterocycles. The van der Waals surface area contributed by atoms with Crippen LogP contribution in [0.3, 0.4) is 0 Å². The highest BCUT2D eigenvalue weighted by molar-refractivity contribution is 6.04. The molecule has 5 heteroatoms. The molecule has 0 bridgehead atoms. The molecular weight excluding hydrogens is 328 g/mol. The summed E-state index contributed by atoms with van der Waals surface area (Å²) in [5, 5.41) is 2.91. The van der Waals surface area contributed by atoms with E-state index >= 15 is 0 Å². The van der Waals surface area contributed by atoms with Crippen LogP contribution in [0.2, 0.25) is 0 Å². The van der Waals surface area contributed by atoms with Crippen molar-refractivity contribution < 1.29 is 14.3 Å². The van der Waals surface area contributed by atoms with Crippen molar-refractivity contribution in [3.05, 3.63) is 53.6 Å².